The molecule has 270 valence electrons. The Hall–Kier alpha value is -7.89. The molecule has 0 aliphatic rings. The van der Waals surface area contributed by atoms with Crippen molar-refractivity contribution in [3.63, 3.8) is 0 Å². The second-order valence-electron chi connectivity index (χ2n) is 14.8. The number of rotatable bonds is 5. The Morgan fingerprint density at radius 1 is 0.362 bits per heavy atom. The quantitative estimate of drug-likeness (QED) is 0.176. The highest BCUT2D eigenvalue weighted by molar-refractivity contribution is 6.17. The fourth-order valence-electron chi connectivity index (χ4n) is 8.71. The predicted molar refractivity (Wildman–Crippen MR) is 238 cm³/mol. The standard InChI is InChI=1S/C53H32N4O/c1-2-14-35(15-3-1)51-54-52(36-27-25-34(26-28-36)40-22-12-18-33-13-6-7-19-39(33)40)56-53(55-51)43-29-30-46(50-49(43)42-21-9-11-24-48(42)58-50)57-45-23-10-8-20-41(45)44-31-37-16-4-5-17-38(37)32-47(44)57/h1-32H. The molecule has 0 bridgehead atoms. The fourth-order valence-corrected chi connectivity index (χ4v) is 8.71. The Bertz CT molecular complexity index is 3560. The molecule has 0 saturated carbocycles. The summed E-state index contributed by atoms with van der Waals surface area (Å²) in [6.45, 7) is 0. The first-order valence-corrected chi connectivity index (χ1v) is 19.5. The van der Waals surface area contributed by atoms with Crippen LogP contribution in [0.25, 0.3) is 116 Å². The van der Waals surface area contributed by atoms with Crippen molar-refractivity contribution < 1.29 is 4.42 Å². The summed E-state index contributed by atoms with van der Waals surface area (Å²) in [7, 11) is 0. The smallest absolute Gasteiger partial charge is 0.164 e. The molecule has 0 radical (unpaired) electrons. The summed E-state index contributed by atoms with van der Waals surface area (Å²) in [6.07, 6.45) is 0. The molecule has 9 aromatic carbocycles. The molecule has 0 aliphatic heterocycles. The van der Waals surface area contributed by atoms with Gasteiger partial charge in [-0.25, -0.2) is 15.0 Å². The van der Waals surface area contributed by atoms with Crippen LogP contribution in [0.15, 0.2) is 199 Å². The van der Waals surface area contributed by atoms with Gasteiger partial charge >= 0.3 is 0 Å². The second-order valence-corrected chi connectivity index (χ2v) is 14.8. The minimum atomic E-state index is 0.582. The van der Waals surface area contributed by atoms with E-state index in [1.807, 2.05) is 42.5 Å². The topological polar surface area (TPSA) is 56.7 Å². The molecule has 0 saturated heterocycles. The van der Waals surface area contributed by atoms with Crippen molar-refractivity contribution in [2.75, 3.05) is 0 Å². The van der Waals surface area contributed by atoms with Gasteiger partial charge in [0.2, 0.25) is 0 Å². The zero-order valence-corrected chi connectivity index (χ0v) is 31.2. The van der Waals surface area contributed by atoms with Crippen LogP contribution in [0, 0.1) is 0 Å². The molecule has 0 aliphatic carbocycles. The monoisotopic (exact) mass is 740 g/mol. The van der Waals surface area contributed by atoms with Crippen LogP contribution in [0.2, 0.25) is 0 Å². The molecule has 5 nitrogen and oxygen atoms in total. The highest BCUT2D eigenvalue weighted by atomic mass is 16.3. The second kappa shape index (κ2) is 12.8. The van der Waals surface area contributed by atoms with E-state index >= 15 is 0 Å². The van der Waals surface area contributed by atoms with E-state index in [4.69, 9.17) is 19.4 Å². The van der Waals surface area contributed by atoms with Crippen LogP contribution >= 0.6 is 0 Å². The summed E-state index contributed by atoms with van der Waals surface area (Å²) in [5.41, 5.74) is 9.81. The van der Waals surface area contributed by atoms with Gasteiger partial charge in [0, 0.05) is 38.2 Å². The van der Waals surface area contributed by atoms with Gasteiger partial charge in [-0.15, -0.1) is 0 Å². The predicted octanol–water partition coefficient (Wildman–Crippen LogP) is 13.8. The summed E-state index contributed by atoms with van der Waals surface area (Å²) in [5, 5.41) is 9.19. The Morgan fingerprint density at radius 2 is 0.966 bits per heavy atom. The van der Waals surface area contributed by atoms with Gasteiger partial charge in [-0.1, -0.05) is 158 Å². The zero-order valence-electron chi connectivity index (χ0n) is 31.2. The maximum Gasteiger partial charge on any atom is 0.164 e. The minimum Gasteiger partial charge on any atom is -0.454 e. The van der Waals surface area contributed by atoms with Crippen molar-refractivity contribution >= 4 is 65.3 Å². The molecule has 0 spiro atoms. The maximum absolute atomic E-state index is 6.88. The largest absolute Gasteiger partial charge is 0.454 e. The number of para-hydroxylation sites is 2. The van der Waals surface area contributed by atoms with E-state index in [1.165, 1.54) is 37.9 Å². The lowest BCUT2D eigenvalue weighted by Crippen LogP contribution is -2.01. The SMILES string of the molecule is c1ccc(-c2nc(-c3ccc(-c4cccc5ccccc45)cc3)nc(-c3ccc(-n4c5ccccc5c5cc6ccccc6cc54)c4oc5ccccc5c34)n2)cc1. The minimum absolute atomic E-state index is 0.582. The third kappa shape index (κ3) is 5.07. The highest BCUT2D eigenvalue weighted by Crippen LogP contribution is 2.43. The number of nitrogens with zero attached hydrogens (tertiary/aromatic N) is 4. The van der Waals surface area contributed by atoms with Gasteiger partial charge < -0.3 is 8.98 Å². The molecule has 12 aromatic rings. The van der Waals surface area contributed by atoms with E-state index in [0.29, 0.717) is 17.5 Å². The van der Waals surface area contributed by atoms with Crippen LogP contribution in [0.4, 0.5) is 0 Å². The maximum atomic E-state index is 6.88. The normalized spacial score (nSPS) is 11.8. The molecule has 0 N–H and O–H groups in total. The zero-order chi connectivity index (χ0) is 38.2. The molecular formula is C53H32N4O. The van der Waals surface area contributed by atoms with Crippen molar-refractivity contribution in [2.45, 2.75) is 0 Å². The molecule has 58 heavy (non-hydrogen) atoms. The summed E-state index contributed by atoms with van der Waals surface area (Å²) in [5.74, 6) is 1.80. The van der Waals surface area contributed by atoms with Gasteiger partial charge in [0.25, 0.3) is 0 Å². The van der Waals surface area contributed by atoms with Crippen LogP contribution in [0.1, 0.15) is 0 Å². The fraction of sp³-hybridized carbons (Fsp3) is 0. The molecule has 0 unspecified atom stereocenters. The number of hydrogen-bond donors (Lipinski definition) is 0. The molecule has 5 heteroatoms. The summed E-state index contributed by atoms with van der Waals surface area (Å²) < 4.78 is 9.22. The van der Waals surface area contributed by atoms with E-state index in [2.05, 4.69) is 156 Å². The van der Waals surface area contributed by atoms with Crippen molar-refractivity contribution in [3.8, 4) is 51.0 Å². The molecular weight excluding hydrogens is 709 g/mol. The van der Waals surface area contributed by atoms with Gasteiger partial charge in [-0.05, 0) is 69.1 Å². The van der Waals surface area contributed by atoms with Crippen molar-refractivity contribution in [3.05, 3.63) is 194 Å². The Morgan fingerprint density at radius 3 is 1.78 bits per heavy atom. The first-order chi connectivity index (χ1) is 28.7. The number of hydrogen-bond acceptors (Lipinski definition) is 4. The lowest BCUT2D eigenvalue weighted by atomic mass is 9.97. The lowest BCUT2D eigenvalue weighted by Gasteiger charge is -2.13. The van der Waals surface area contributed by atoms with Crippen molar-refractivity contribution in [1.29, 1.82) is 0 Å². The first-order valence-electron chi connectivity index (χ1n) is 19.5. The van der Waals surface area contributed by atoms with E-state index in [1.54, 1.807) is 0 Å². The van der Waals surface area contributed by atoms with Gasteiger partial charge in [-0.2, -0.15) is 0 Å². The summed E-state index contributed by atoms with van der Waals surface area (Å²) in [4.78, 5) is 15.5. The van der Waals surface area contributed by atoms with Crippen LogP contribution in [0.3, 0.4) is 0 Å². The first kappa shape index (κ1) is 32.4. The van der Waals surface area contributed by atoms with Crippen molar-refractivity contribution in [1.82, 2.24) is 19.5 Å². The number of benzene rings is 9. The van der Waals surface area contributed by atoms with E-state index in [9.17, 15) is 0 Å². The Kier molecular flexibility index (Phi) is 7.16. The van der Waals surface area contributed by atoms with Gasteiger partial charge in [0.05, 0.1) is 16.7 Å². The van der Waals surface area contributed by atoms with Crippen LogP contribution in [-0.2, 0) is 0 Å². The highest BCUT2D eigenvalue weighted by Gasteiger charge is 2.23. The van der Waals surface area contributed by atoms with Gasteiger partial charge in [0.15, 0.2) is 23.1 Å². The molecule has 0 fully saturated rings. The molecule has 0 amide bonds. The van der Waals surface area contributed by atoms with E-state index in [0.717, 1.165) is 60.9 Å². The third-order valence-corrected chi connectivity index (χ3v) is 11.4. The summed E-state index contributed by atoms with van der Waals surface area (Å²) in [6, 6.07) is 68.0. The lowest BCUT2D eigenvalue weighted by molar-refractivity contribution is 0.666. The average Bonchev–Trinajstić information content (AvgIpc) is 3.84. The third-order valence-electron chi connectivity index (χ3n) is 11.4. The van der Waals surface area contributed by atoms with Crippen LogP contribution in [-0.4, -0.2) is 19.5 Å². The number of fused-ring (bicyclic) bond motifs is 8. The molecule has 12 rings (SSSR count). The van der Waals surface area contributed by atoms with Gasteiger partial charge in [0.1, 0.15) is 5.58 Å². The van der Waals surface area contributed by atoms with Crippen LogP contribution < -0.4 is 0 Å². The Balaban J connectivity index is 1.08. The molecule has 3 heterocycles. The summed E-state index contributed by atoms with van der Waals surface area (Å²) >= 11 is 0. The average molecular weight is 741 g/mol. The number of furan rings is 1. The van der Waals surface area contributed by atoms with Gasteiger partial charge in [-0.3, -0.25) is 0 Å². The van der Waals surface area contributed by atoms with E-state index in [-0.39, 0.29) is 0 Å². The molecule has 3 aromatic heterocycles. The number of aromatic nitrogens is 4. The molecule has 0 atom stereocenters. The van der Waals surface area contributed by atoms with Crippen LogP contribution in [0.5, 0.6) is 0 Å². The van der Waals surface area contributed by atoms with Crippen molar-refractivity contribution in [2.24, 2.45) is 0 Å². The van der Waals surface area contributed by atoms with E-state index < -0.39 is 0 Å². The Labute approximate surface area is 333 Å².